The third kappa shape index (κ3) is 2.75. The van der Waals surface area contributed by atoms with Gasteiger partial charge in [-0.2, -0.15) is 0 Å². The van der Waals surface area contributed by atoms with Crippen LogP contribution in [-0.2, 0) is 0 Å². The Morgan fingerprint density at radius 2 is 2.14 bits per heavy atom. The first-order valence-electron chi connectivity index (χ1n) is 7.72. The molecule has 4 nitrogen and oxygen atoms in total. The minimum Gasteiger partial charge on any atom is -0.355 e. The van der Waals surface area contributed by atoms with E-state index in [9.17, 15) is 9.18 Å². The second-order valence-corrected chi connectivity index (χ2v) is 5.63. The summed E-state index contributed by atoms with van der Waals surface area (Å²) < 4.78 is 18.3. The summed E-state index contributed by atoms with van der Waals surface area (Å²) in [7, 11) is 0. The smallest absolute Gasteiger partial charge is 0.259 e. The van der Waals surface area contributed by atoms with Crippen LogP contribution in [0.15, 0.2) is 35.0 Å². The summed E-state index contributed by atoms with van der Waals surface area (Å²) in [5.74, 6) is 0.0378. The molecule has 1 atom stereocenters. The van der Waals surface area contributed by atoms with E-state index in [1.54, 1.807) is 12.1 Å². The van der Waals surface area contributed by atoms with E-state index >= 15 is 0 Å². The fourth-order valence-electron chi connectivity index (χ4n) is 3.05. The van der Waals surface area contributed by atoms with Crippen molar-refractivity contribution in [1.82, 2.24) is 10.1 Å². The zero-order valence-corrected chi connectivity index (χ0v) is 12.6. The Bertz CT molecular complexity index is 651. The molecular weight excluding hydrogens is 283 g/mol. The van der Waals surface area contributed by atoms with Crippen LogP contribution in [0.1, 0.15) is 43.0 Å². The summed E-state index contributed by atoms with van der Waals surface area (Å²) in [5.41, 5.74) is 1.11. The highest BCUT2D eigenvalue weighted by molar-refractivity contribution is 5.99. The topological polar surface area (TPSA) is 46.3 Å². The van der Waals surface area contributed by atoms with Crippen LogP contribution in [-0.4, -0.2) is 28.6 Å². The fourth-order valence-corrected chi connectivity index (χ4v) is 3.05. The number of likely N-dealkylation sites (tertiary alicyclic amines) is 1. The van der Waals surface area contributed by atoms with E-state index in [1.807, 2.05) is 4.90 Å². The molecule has 0 bridgehead atoms. The fraction of sp³-hybridized carbons (Fsp3) is 0.412. The Balaban J connectivity index is 1.90. The zero-order chi connectivity index (χ0) is 15.5. The molecule has 2 heterocycles. The van der Waals surface area contributed by atoms with E-state index in [0.717, 1.165) is 32.2 Å². The van der Waals surface area contributed by atoms with Crippen LogP contribution in [0.25, 0.3) is 11.3 Å². The lowest BCUT2D eigenvalue weighted by Gasteiger charge is -2.35. The van der Waals surface area contributed by atoms with Crippen molar-refractivity contribution >= 4 is 5.91 Å². The average Bonchev–Trinajstić information content (AvgIpc) is 3.04. The lowest BCUT2D eigenvalue weighted by atomic mass is 9.98. The van der Waals surface area contributed by atoms with E-state index in [0.29, 0.717) is 16.9 Å². The van der Waals surface area contributed by atoms with Gasteiger partial charge in [-0.3, -0.25) is 4.79 Å². The zero-order valence-electron chi connectivity index (χ0n) is 12.6. The Labute approximate surface area is 128 Å². The number of nitrogens with zero attached hydrogens (tertiary/aromatic N) is 2. The van der Waals surface area contributed by atoms with E-state index < -0.39 is 0 Å². The van der Waals surface area contributed by atoms with Gasteiger partial charge in [-0.15, -0.1) is 0 Å². The molecule has 1 aliphatic heterocycles. The van der Waals surface area contributed by atoms with Gasteiger partial charge in [0.25, 0.3) is 5.91 Å². The number of aromatic nitrogens is 1. The molecule has 0 N–H and O–H groups in total. The van der Waals surface area contributed by atoms with Crippen LogP contribution < -0.4 is 0 Å². The van der Waals surface area contributed by atoms with Gasteiger partial charge in [0, 0.05) is 18.2 Å². The van der Waals surface area contributed by atoms with Crippen LogP contribution in [0, 0.1) is 5.82 Å². The molecule has 1 aromatic heterocycles. The second kappa shape index (κ2) is 6.30. The van der Waals surface area contributed by atoms with Gasteiger partial charge in [0.15, 0.2) is 5.76 Å². The maximum absolute atomic E-state index is 13.1. The van der Waals surface area contributed by atoms with Crippen molar-refractivity contribution in [3.8, 4) is 11.3 Å². The minimum atomic E-state index is -0.321. The van der Waals surface area contributed by atoms with Gasteiger partial charge < -0.3 is 9.42 Å². The molecule has 1 saturated heterocycles. The molecule has 116 valence electrons. The highest BCUT2D eigenvalue weighted by Gasteiger charge is 2.29. The number of rotatable bonds is 3. The van der Waals surface area contributed by atoms with Crippen molar-refractivity contribution in [2.24, 2.45) is 0 Å². The van der Waals surface area contributed by atoms with Crippen LogP contribution >= 0.6 is 0 Å². The van der Waals surface area contributed by atoms with E-state index in [4.69, 9.17) is 4.52 Å². The first kappa shape index (κ1) is 14.8. The summed E-state index contributed by atoms with van der Waals surface area (Å²) in [5, 5.41) is 3.77. The number of piperidine rings is 1. The first-order valence-corrected chi connectivity index (χ1v) is 7.72. The average molecular weight is 302 g/mol. The number of hydrogen-bond acceptors (Lipinski definition) is 3. The van der Waals surface area contributed by atoms with Crippen LogP contribution in [0.5, 0.6) is 0 Å². The van der Waals surface area contributed by atoms with Crippen molar-refractivity contribution < 1.29 is 13.7 Å². The van der Waals surface area contributed by atoms with Crippen molar-refractivity contribution in [2.45, 2.75) is 38.6 Å². The van der Waals surface area contributed by atoms with E-state index in [-0.39, 0.29) is 17.8 Å². The molecule has 0 saturated carbocycles. The lowest BCUT2D eigenvalue weighted by molar-refractivity contribution is 0.0608. The third-order valence-electron chi connectivity index (χ3n) is 4.27. The molecule has 0 spiro atoms. The monoisotopic (exact) mass is 302 g/mol. The van der Waals surface area contributed by atoms with Crippen molar-refractivity contribution in [3.05, 3.63) is 41.8 Å². The van der Waals surface area contributed by atoms with Gasteiger partial charge >= 0.3 is 0 Å². The molecule has 5 heteroatoms. The molecule has 0 aliphatic carbocycles. The lowest BCUT2D eigenvalue weighted by Crippen LogP contribution is -2.43. The quantitative estimate of drug-likeness (QED) is 0.864. The molecule has 3 rings (SSSR count). The van der Waals surface area contributed by atoms with Crippen LogP contribution in [0.2, 0.25) is 0 Å². The third-order valence-corrected chi connectivity index (χ3v) is 4.27. The second-order valence-electron chi connectivity index (χ2n) is 5.63. The largest absolute Gasteiger partial charge is 0.355 e. The molecule has 2 aromatic rings. The van der Waals surface area contributed by atoms with Gasteiger partial charge in [0.05, 0.1) is 6.20 Å². The molecular formula is C17H19FN2O2. The standard InChI is InChI=1S/C17H19FN2O2/c1-2-14-5-3-4-10-20(14)17(21)15-11-19-22-16(15)12-6-8-13(18)9-7-12/h6-9,11,14H,2-5,10H2,1H3. The Kier molecular flexibility index (Phi) is 4.22. The Morgan fingerprint density at radius 3 is 2.86 bits per heavy atom. The molecule has 0 radical (unpaired) electrons. The minimum absolute atomic E-state index is 0.0490. The number of carbonyl (C=O) groups is 1. The SMILES string of the molecule is CCC1CCCCN1C(=O)c1cnoc1-c1ccc(F)cc1. The van der Waals surface area contributed by atoms with Crippen LogP contribution in [0.4, 0.5) is 4.39 Å². The predicted molar refractivity (Wildman–Crippen MR) is 80.9 cm³/mol. The van der Waals surface area contributed by atoms with Crippen LogP contribution in [0.3, 0.4) is 0 Å². The van der Waals surface area contributed by atoms with Crippen molar-refractivity contribution in [3.63, 3.8) is 0 Å². The molecule has 1 amide bonds. The highest BCUT2D eigenvalue weighted by Crippen LogP contribution is 2.28. The molecule has 1 aromatic carbocycles. The molecule has 22 heavy (non-hydrogen) atoms. The van der Waals surface area contributed by atoms with Gasteiger partial charge in [-0.05, 0) is 49.9 Å². The molecule has 1 unspecified atom stereocenters. The maximum Gasteiger partial charge on any atom is 0.259 e. The summed E-state index contributed by atoms with van der Waals surface area (Å²) in [6.07, 6.45) is 5.64. The number of hydrogen-bond donors (Lipinski definition) is 0. The molecule has 1 aliphatic rings. The number of halogens is 1. The number of carbonyl (C=O) groups excluding carboxylic acids is 1. The summed E-state index contributed by atoms with van der Waals surface area (Å²) in [6, 6.07) is 6.17. The van der Waals surface area contributed by atoms with Gasteiger partial charge in [-0.25, -0.2) is 4.39 Å². The summed E-state index contributed by atoms with van der Waals surface area (Å²) >= 11 is 0. The summed E-state index contributed by atoms with van der Waals surface area (Å²) in [4.78, 5) is 14.8. The molecule has 1 fully saturated rings. The van der Waals surface area contributed by atoms with Crippen molar-refractivity contribution in [2.75, 3.05) is 6.54 Å². The summed E-state index contributed by atoms with van der Waals surface area (Å²) in [6.45, 7) is 2.87. The highest BCUT2D eigenvalue weighted by atomic mass is 19.1. The Morgan fingerprint density at radius 1 is 1.36 bits per heavy atom. The van der Waals surface area contributed by atoms with Crippen molar-refractivity contribution in [1.29, 1.82) is 0 Å². The van der Waals surface area contributed by atoms with E-state index in [1.165, 1.54) is 18.3 Å². The number of benzene rings is 1. The van der Waals surface area contributed by atoms with E-state index in [2.05, 4.69) is 12.1 Å². The number of amides is 1. The van der Waals surface area contributed by atoms with Gasteiger partial charge in [-0.1, -0.05) is 12.1 Å². The van der Waals surface area contributed by atoms with Gasteiger partial charge in [0.2, 0.25) is 0 Å². The first-order chi connectivity index (χ1) is 10.7. The predicted octanol–water partition coefficient (Wildman–Crippen LogP) is 3.89. The normalized spacial score (nSPS) is 18.5. The van der Waals surface area contributed by atoms with Gasteiger partial charge in [0.1, 0.15) is 11.4 Å². The maximum atomic E-state index is 13.1. The Hall–Kier alpha value is -2.17.